The highest BCUT2D eigenvalue weighted by molar-refractivity contribution is 7.80. The average Bonchev–Trinajstić information content (AvgIpc) is 3.29. The van der Waals surface area contributed by atoms with Gasteiger partial charge in [-0.25, -0.2) is 4.79 Å². The van der Waals surface area contributed by atoms with Crippen LogP contribution in [0.5, 0.6) is 0 Å². The number of aromatic amines is 1. The molecule has 0 saturated carbocycles. The van der Waals surface area contributed by atoms with Crippen LogP contribution in [0.3, 0.4) is 0 Å². The van der Waals surface area contributed by atoms with Crippen molar-refractivity contribution in [1.82, 2.24) is 20.9 Å². The van der Waals surface area contributed by atoms with E-state index in [9.17, 15) is 24.3 Å². The zero-order chi connectivity index (χ0) is 26.1. The van der Waals surface area contributed by atoms with Gasteiger partial charge in [0.1, 0.15) is 12.1 Å². The molecule has 3 rings (SSSR count). The van der Waals surface area contributed by atoms with Gasteiger partial charge in [0, 0.05) is 35.7 Å². The summed E-state index contributed by atoms with van der Waals surface area (Å²) in [6.45, 7) is -0.462. The molecule has 3 unspecified atom stereocenters. The van der Waals surface area contributed by atoms with E-state index in [-0.39, 0.29) is 18.6 Å². The zero-order valence-electron chi connectivity index (χ0n) is 19.4. The smallest absolute Gasteiger partial charge is 0.326 e. The van der Waals surface area contributed by atoms with Gasteiger partial charge in [-0.05, 0) is 17.2 Å². The van der Waals surface area contributed by atoms with E-state index in [1.165, 1.54) is 0 Å². The standard InChI is InChI=1S/C25H29N5O5S/c26-18(14-36)23(32)30-20(11-16-12-27-19-9-5-4-8-17(16)19)24(33)28-13-22(31)29-21(25(34)35)10-15-6-2-1-3-7-15/h1-9,12,18,20-21,27,36H,10-11,13-14,26H2,(H,28,33)(H,29,31)(H,30,32)(H,34,35). The molecule has 1 heterocycles. The number of para-hydroxylation sites is 1. The third kappa shape index (κ3) is 7.33. The fourth-order valence-corrected chi connectivity index (χ4v) is 3.84. The van der Waals surface area contributed by atoms with Crippen LogP contribution in [0, 0.1) is 0 Å². The number of nitrogens with two attached hydrogens (primary N) is 1. The number of fused-ring (bicyclic) bond motifs is 1. The zero-order valence-corrected chi connectivity index (χ0v) is 20.3. The van der Waals surface area contributed by atoms with Crippen LogP contribution in [-0.2, 0) is 32.0 Å². The van der Waals surface area contributed by atoms with Gasteiger partial charge in [0.25, 0.3) is 0 Å². The van der Waals surface area contributed by atoms with Crippen molar-refractivity contribution in [3.63, 3.8) is 0 Å². The van der Waals surface area contributed by atoms with Gasteiger partial charge in [-0.3, -0.25) is 14.4 Å². The van der Waals surface area contributed by atoms with E-state index in [1.807, 2.05) is 30.3 Å². The lowest BCUT2D eigenvalue weighted by atomic mass is 10.0. The number of carboxylic acid groups (broad SMARTS) is 1. The molecule has 0 radical (unpaired) electrons. The minimum atomic E-state index is -1.19. The molecule has 0 aliphatic heterocycles. The number of H-pyrrole nitrogens is 1. The number of thiol groups is 1. The summed E-state index contributed by atoms with van der Waals surface area (Å²) in [7, 11) is 0. The minimum absolute atomic E-state index is 0.0909. The van der Waals surface area contributed by atoms with Gasteiger partial charge in [-0.15, -0.1) is 0 Å². The first-order valence-corrected chi connectivity index (χ1v) is 12.0. The van der Waals surface area contributed by atoms with E-state index in [2.05, 4.69) is 33.6 Å². The molecule has 190 valence electrons. The Bertz CT molecular complexity index is 1220. The van der Waals surface area contributed by atoms with E-state index in [1.54, 1.807) is 30.5 Å². The molecular weight excluding hydrogens is 482 g/mol. The first kappa shape index (κ1) is 26.8. The van der Waals surface area contributed by atoms with Crippen LogP contribution in [0.1, 0.15) is 11.1 Å². The number of carboxylic acids is 1. The monoisotopic (exact) mass is 511 g/mol. The topological polar surface area (TPSA) is 166 Å². The second kappa shape index (κ2) is 12.8. The Labute approximate surface area is 213 Å². The Balaban J connectivity index is 1.65. The van der Waals surface area contributed by atoms with Crippen molar-refractivity contribution in [3.8, 4) is 0 Å². The van der Waals surface area contributed by atoms with Crippen molar-refractivity contribution in [2.24, 2.45) is 5.73 Å². The van der Waals surface area contributed by atoms with Crippen LogP contribution in [0.25, 0.3) is 10.9 Å². The quantitative estimate of drug-likeness (QED) is 0.174. The van der Waals surface area contributed by atoms with Crippen molar-refractivity contribution in [2.75, 3.05) is 12.3 Å². The molecule has 10 nitrogen and oxygen atoms in total. The number of rotatable bonds is 12. The average molecular weight is 512 g/mol. The molecule has 0 saturated heterocycles. The van der Waals surface area contributed by atoms with Gasteiger partial charge in [-0.1, -0.05) is 48.5 Å². The number of aromatic nitrogens is 1. The third-order valence-corrected chi connectivity index (χ3v) is 6.00. The highest BCUT2D eigenvalue weighted by Gasteiger charge is 2.26. The van der Waals surface area contributed by atoms with Gasteiger partial charge in [0.15, 0.2) is 0 Å². The molecule has 0 fully saturated rings. The Hall–Kier alpha value is -3.83. The number of carbonyl (C=O) groups excluding carboxylic acids is 3. The minimum Gasteiger partial charge on any atom is -0.480 e. The maximum atomic E-state index is 13.0. The van der Waals surface area contributed by atoms with Crippen molar-refractivity contribution in [3.05, 3.63) is 71.9 Å². The molecule has 7 N–H and O–H groups in total. The van der Waals surface area contributed by atoms with Gasteiger partial charge in [0.05, 0.1) is 12.6 Å². The molecule has 0 bridgehead atoms. The summed E-state index contributed by atoms with van der Waals surface area (Å²) in [5, 5.41) is 17.9. The van der Waals surface area contributed by atoms with Crippen molar-refractivity contribution >= 4 is 47.2 Å². The lowest BCUT2D eigenvalue weighted by Crippen LogP contribution is -2.54. The number of nitrogens with one attached hydrogen (secondary N) is 4. The summed E-state index contributed by atoms with van der Waals surface area (Å²) in [5.41, 5.74) is 8.17. The number of hydrogen-bond donors (Lipinski definition) is 7. The molecule has 0 spiro atoms. The SMILES string of the molecule is NC(CS)C(=O)NC(Cc1c[nH]c2ccccc12)C(=O)NCC(=O)NC(Cc1ccccc1)C(=O)O. The first-order chi connectivity index (χ1) is 17.3. The predicted octanol–water partition coefficient (Wildman–Crippen LogP) is 0.381. The number of aliphatic carboxylic acids is 1. The highest BCUT2D eigenvalue weighted by atomic mass is 32.1. The van der Waals surface area contributed by atoms with Gasteiger partial charge >= 0.3 is 5.97 Å². The molecular formula is C25H29N5O5S. The molecule has 2 aromatic carbocycles. The van der Waals surface area contributed by atoms with Crippen LogP contribution < -0.4 is 21.7 Å². The van der Waals surface area contributed by atoms with Crippen molar-refractivity contribution in [1.29, 1.82) is 0 Å². The molecule has 1 aromatic heterocycles. The second-order valence-corrected chi connectivity index (χ2v) is 8.64. The summed E-state index contributed by atoms with van der Waals surface area (Å²) in [4.78, 5) is 52.5. The van der Waals surface area contributed by atoms with Crippen LogP contribution in [-0.4, -0.2) is 64.2 Å². The maximum Gasteiger partial charge on any atom is 0.326 e. The first-order valence-electron chi connectivity index (χ1n) is 11.3. The summed E-state index contributed by atoms with van der Waals surface area (Å²) in [5.74, 6) is -2.93. The molecule has 3 atom stereocenters. The normalized spacial score (nSPS) is 13.4. The number of hydrogen-bond acceptors (Lipinski definition) is 6. The van der Waals surface area contributed by atoms with Crippen LogP contribution >= 0.6 is 12.6 Å². The Morgan fingerprint density at radius 3 is 2.31 bits per heavy atom. The molecule has 0 aliphatic rings. The van der Waals surface area contributed by atoms with Gasteiger partial charge < -0.3 is 31.8 Å². The summed E-state index contributed by atoms with van der Waals surface area (Å²) in [6, 6.07) is 13.3. The Morgan fingerprint density at radius 1 is 0.917 bits per heavy atom. The predicted molar refractivity (Wildman–Crippen MR) is 138 cm³/mol. The second-order valence-electron chi connectivity index (χ2n) is 8.28. The van der Waals surface area contributed by atoms with Gasteiger partial charge in [-0.2, -0.15) is 12.6 Å². The van der Waals surface area contributed by atoms with Crippen molar-refractivity contribution in [2.45, 2.75) is 31.0 Å². The fourth-order valence-electron chi connectivity index (χ4n) is 3.68. The van der Waals surface area contributed by atoms with E-state index in [4.69, 9.17) is 5.73 Å². The van der Waals surface area contributed by atoms with E-state index >= 15 is 0 Å². The lowest BCUT2D eigenvalue weighted by molar-refractivity contribution is -0.141. The maximum absolute atomic E-state index is 13.0. The van der Waals surface area contributed by atoms with Crippen LogP contribution in [0.4, 0.5) is 0 Å². The molecule has 36 heavy (non-hydrogen) atoms. The molecule has 0 aliphatic carbocycles. The summed E-state index contributed by atoms with van der Waals surface area (Å²) in [6.07, 6.45) is 1.99. The number of amides is 3. The molecule has 11 heteroatoms. The Morgan fingerprint density at radius 2 is 1.61 bits per heavy atom. The summed E-state index contributed by atoms with van der Waals surface area (Å²) >= 11 is 4.03. The van der Waals surface area contributed by atoms with Crippen molar-refractivity contribution < 1.29 is 24.3 Å². The van der Waals surface area contributed by atoms with Crippen LogP contribution in [0.15, 0.2) is 60.8 Å². The molecule has 3 aromatic rings. The largest absolute Gasteiger partial charge is 0.480 e. The van der Waals surface area contributed by atoms with E-state index in [0.717, 1.165) is 22.0 Å². The summed E-state index contributed by atoms with van der Waals surface area (Å²) < 4.78 is 0. The Kier molecular flexibility index (Phi) is 9.48. The third-order valence-electron chi connectivity index (χ3n) is 5.60. The number of carbonyl (C=O) groups is 4. The van der Waals surface area contributed by atoms with Gasteiger partial charge in [0.2, 0.25) is 17.7 Å². The fraction of sp³-hybridized carbons (Fsp3) is 0.280. The van der Waals surface area contributed by atoms with E-state index < -0.39 is 48.4 Å². The number of benzene rings is 2. The molecule has 3 amide bonds. The van der Waals surface area contributed by atoms with Crippen LogP contribution in [0.2, 0.25) is 0 Å². The highest BCUT2D eigenvalue weighted by Crippen LogP contribution is 2.19. The lowest BCUT2D eigenvalue weighted by Gasteiger charge is -2.20. The van der Waals surface area contributed by atoms with E-state index in [0.29, 0.717) is 0 Å².